The Balaban J connectivity index is 2.39. The van der Waals surface area contributed by atoms with E-state index in [9.17, 15) is 9.18 Å². The topological polar surface area (TPSA) is 55.1 Å². The zero-order valence-electron chi connectivity index (χ0n) is 11.6. The lowest BCUT2D eigenvalue weighted by molar-refractivity contribution is -0.133. The number of rotatable bonds is 7. The highest BCUT2D eigenvalue weighted by atomic mass is 35.5. The zero-order valence-corrected chi connectivity index (χ0v) is 13.2. The van der Waals surface area contributed by atoms with Crippen LogP contribution >= 0.6 is 23.4 Å². The Morgan fingerprint density at radius 1 is 1.48 bits per heavy atom. The van der Waals surface area contributed by atoms with Gasteiger partial charge in [0.05, 0.1) is 21.8 Å². The van der Waals surface area contributed by atoms with E-state index in [-0.39, 0.29) is 10.8 Å². The molecule has 1 aromatic heterocycles. The van der Waals surface area contributed by atoms with Crippen LogP contribution in [0.4, 0.5) is 4.39 Å². The van der Waals surface area contributed by atoms with Gasteiger partial charge in [0, 0.05) is 12.6 Å². The molecule has 1 heterocycles. The molecule has 0 amide bonds. The van der Waals surface area contributed by atoms with Crippen molar-refractivity contribution < 1.29 is 14.3 Å². The van der Waals surface area contributed by atoms with Gasteiger partial charge in [-0.3, -0.25) is 4.79 Å². The van der Waals surface area contributed by atoms with Crippen LogP contribution < -0.4 is 0 Å². The van der Waals surface area contributed by atoms with Gasteiger partial charge >= 0.3 is 5.97 Å². The molecule has 7 heteroatoms. The number of carboxylic acid groups (broad SMARTS) is 1. The molecule has 0 aliphatic rings. The van der Waals surface area contributed by atoms with Crippen molar-refractivity contribution in [1.82, 2.24) is 9.55 Å². The molecule has 0 saturated carbocycles. The molecular formula is C14H16ClFN2O2S. The van der Waals surface area contributed by atoms with Gasteiger partial charge in [-0.2, -0.15) is 0 Å². The molecule has 0 atom stereocenters. The predicted octanol–water partition coefficient (Wildman–Crippen LogP) is 4.20. The summed E-state index contributed by atoms with van der Waals surface area (Å²) < 4.78 is 15.4. The number of hydrogen-bond acceptors (Lipinski definition) is 3. The SMILES string of the molecule is CCCCCn1c(SCC(=O)O)nc2cc(F)c(Cl)cc21. The van der Waals surface area contributed by atoms with Gasteiger partial charge in [0.25, 0.3) is 0 Å². The Bertz CT molecular complexity index is 660. The fourth-order valence-electron chi connectivity index (χ4n) is 2.07. The first kappa shape index (κ1) is 16.1. The van der Waals surface area contributed by atoms with E-state index >= 15 is 0 Å². The number of halogens is 2. The number of aliphatic carboxylic acids is 1. The number of carboxylic acids is 1. The molecule has 4 nitrogen and oxygen atoms in total. The van der Waals surface area contributed by atoms with Crippen LogP contribution in [-0.2, 0) is 11.3 Å². The lowest BCUT2D eigenvalue weighted by atomic mass is 10.2. The molecule has 2 aromatic rings. The molecule has 114 valence electrons. The molecule has 0 aliphatic heterocycles. The summed E-state index contributed by atoms with van der Waals surface area (Å²) in [5, 5.41) is 9.44. The molecule has 0 saturated heterocycles. The van der Waals surface area contributed by atoms with E-state index in [1.807, 2.05) is 4.57 Å². The minimum Gasteiger partial charge on any atom is -0.481 e. The third kappa shape index (κ3) is 3.89. The number of thioether (sulfide) groups is 1. The van der Waals surface area contributed by atoms with Crippen LogP contribution in [0.2, 0.25) is 5.02 Å². The van der Waals surface area contributed by atoms with Crippen molar-refractivity contribution in [2.24, 2.45) is 0 Å². The standard InChI is InChI=1S/C14H16ClFN2O2S/c1-2-3-4-5-18-12-6-9(15)10(16)7-11(12)17-14(18)21-8-13(19)20/h6-7H,2-5,8H2,1H3,(H,19,20). The van der Waals surface area contributed by atoms with Gasteiger partial charge in [-0.25, -0.2) is 9.37 Å². The summed E-state index contributed by atoms with van der Waals surface area (Å²) in [4.78, 5) is 15.1. The fourth-order valence-corrected chi connectivity index (χ4v) is 2.99. The summed E-state index contributed by atoms with van der Waals surface area (Å²) in [7, 11) is 0. The van der Waals surface area contributed by atoms with Crippen LogP contribution in [0, 0.1) is 5.82 Å². The second kappa shape index (κ2) is 7.13. The fraction of sp³-hybridized carbons (Fsp3) is 0.429. The van der Waals surface area contributed by atoms with Crippen LogP contribution in [0.25, 0.3) is 11.0 Å². The summed E-state index contributed by atoms with van der Waals surface area (Å²) in [6.07, 6.45) is 3.11. The van der Waals surface area contributed by atoms with E-state index in [1.165, 1.54) is 6.07 Å². The van der Waals surface area contributed by atoms with Crippen LogP contribution in [0.15, 0.2) is 17.3 Å². The van der Waals surface area contributed by atoms with Gasteiger partial charge in [0.15, 0.2) is 5.16 Å². The second-order valence-electron chi connectivity index (χ2n) is 4.69. The van der Waals surface area contributed by atoms with E-state index in [2.05, 4.69) is 11.9 Å². The van der Waals surface area contributed by atoms with E-state index in [1.54, 1.807) is 6.07 Å². The van der Waals surface area contributed by atoms with Gasteiger partial charge in [-0.15, -0.1) is 0 Å². The van der Waals surface area contributed by atoms with Crippen molar-refractivity contribution in [3.63, 3.8) is 0 Å². The molecule has 0 unspecified atom stereocenters. The number of benzene rings is 1. The van der Waals surface area contributed by atoms with Gasteiger partial charge in [-0.05, 0) is 12.5 Å². The third-order valence-electron chi connectivity index (χ3n) is 3.07. The van der Waals surface area contributed by atoms with Crippen molar-refractivity contribution in [2.75, 3.05) is 5.75 Å². The van der Waals surface area contributed by atoms with E-state index < -0.39 is 11.8 Å². The number of aromatic nitrogens is 2. The van der Waals surface area contributed by atoms with Crippen molar-refractivity contribution >= 4 is 40.4 Å². The highest BCUT2D eigenvalue weighted by Crippen LogP contribution is 2.28. The van der Waals surface area contributed by atoms with Crippen molar-refractivity contribution in [2.45, 2.75) is 37.9 Å². The zero-order chi connectivity index (χ0) is 15.4. The van der Waals surface area contributed by atoms with E-state index in [4.69, 9.17) is 16.7 Å². The quantitative estimate of drug-likeness (QED) is 0.610. The summed E-state index contributed by atoms with van der Waals surface area (Å²) in [6, 6.07) is 2.84. The van der Waals surface area contributed by atoms with Crippen molar-refractivity contribution in [3.05, 3.63) is 23.0 Å². The normalized spacial score (nSPS) is 11.2. The summed E-state index contributed by atoms with van der Waals surface area (Å²) >= 11 is 6.98. The predicted molar refractivity (Wildman–Crippen MR) is 82.6 cm³/mol. The Labute approximate surface area is 131 Å². The lowest BCUT2D eigenvalue weighted by Gasteiger charge is -2.08. The van der Waals surface area contributed by atoms with E-state index in [0.717, 1.165) is 36.5 Å². The van der Waals surface area contributed by atoms with Crippen LogP contribution in [0.5, 0.6) is 0 Å². The largest absolute Gasteiger partial charge is 0.481 e. The van der Waals surface area contributed by atoms with Crippen LogP contribution in [0.1, 0.15) is 26.2 Å². The highest BCUT2D eigenvalue weighted by Gasteiger charge is 2.15. The maximum absolute atomic E-state index is 13.5. The maximum atomic E-state index is 13.5. The summed E-state index contributed by atoms with van der Waals surface area (Å²) in [5.41, 5.74) is 1.24. The monoisotopic (exact) mass is 330 g/mol. The number of aryl methyl sites for hydroxylation is 1. The first-order chi connectivity index (χ1) is 10.0. The Morgan fingerprint density at radius 3 is 2.90 bits per heavy atom. The molecule has 0 radical (unpaired) electrons. The van der Waals surface area contributed by atoms with Gasteiger partial charge in [0.1, 0.15) is 5.82 Å². The molecule has 1 aromatic carbocycles. The molecule has 2 rings (SSSR count). The molecule has 0 fully saturated rings. The van der Waals surface area contributed by atoms with Crippen molar-refractivity contribution in [1.29, 1.82) is 0 Å². The van der Waals surface area contributed by atoms with Crippen LogP contribution in [0.3, 0.4) is 0 Å². The molecule has 0 bridgehead atoms. The van der Waals surface area contributed by atoms with Crippen molar-refractivity contribution in [3.8, 4) is 0 Å². The van der Waals surface area contributed by atoms with E-state index in [0.29, 0.717) is 17.2 Å². The average Bonchev–Trinajstić information content (AvgIpc) is 2.75. The summed E-state index contributed by atoms with van der Waals surface area (Å²) in [6.45, 7) is 2.83. The lowest BCUT2D eigenvalue weighted by Crippen LogP contribution is -2.03. The minimum atomic E-state index is -0.906. The number of carbonyl (C=O) groups is 1. The average molecular weight is 331 g/mol. The summed E-state index contributed by atoms with van der Waals surface area (Å²) in [5.74, 6) is -1.50. The molecule has 21 heavy (non-hydrogen) atoms. The van der Waals surface area contributed by atoms with Gasteiger partial charge in [-0.1, -0.05) is 43.1 Å². The van der Waals surface area contributed by atoms with Gasteiger partial charge < -0.3 is 9.67 Å². The smallest absolute Gasteiger partial charge is 0.313 e. The first-order valence-electron chi connectivity index (χ1n) is 6.72. The number of hydrogen-bond donors (Lipinski definition) is 1. The Hall–Kier alpha value is -1.27. The molecule has 0 aliphatic carbocycles. The Morgan fingerprint density at radius 2 is 2.24 bits per heavy atom. The molecular weight excluding hydrogens is 315 g/mol. The number of unbranched alkanes of at least 4 members (excludes halogenated alkanes) is 2. The van der Waals surface area contributed by atoms with Gasteiger partial charge in [0.2, 0.25) is 0 Å². The third-order valence-corrected chi connectivity index (χ3v) is 4.32. The molecule has 0 spiro atoms. The minimum absolute atomic E-state index is 0.0499. The second-order valence-corrected chi connectivity index (χ2v) is 6.04. The molecule has 1 N–H and O–H groups in total. The number of nitrogens with zero attached hydrogens (tertiary/aromatic N) is 2. The van der Waals surface area contributed by atoms with Crippen LogP contribution in [-0.4, -0.2) is 26.4 Å². The Kier molecular flexibility index (Phi) is 5.47. The number of imidazole rings is 1. The number of fused-ring (bicyclic) bond motifs is 1. The maximum Gasteiger partial charge on any atom is 0.313 e. The highest BCUT2D eigenvalue weighted by molar-refractivity contribution is 7.99. The first-order valence-corrected chi connectivity index (χ1v) is 8.09.